The Hall–Kier alpha value is -0.960. The summed E-state index contributed by atoms with van der Waals surface area (Å²) in [4.78, 5) is 9.03. The number of rotatable bonds is 3. The summed E-state index contributed by atoms with van der Waals surface area (Å²) in [6.45, 7) is 10.7. The van der Waals surface area contributed by atoms with Gasteiger partial charge in [0.15, 0.2) is 0 Å². The van der Waals surface area contributed by atoms with Crippen molar-refractivity contribution in [3.05, 3.63) is 22.8 Å². The van der Waals surface area contributed by atoms with Crippen LogP contribution in [0.1, 0.15) is 43.5 Å². The summed E-state index contributed by atoms with van der Waals surface area (Å²) in [7, 11) is 0. The number of nitrogens with zero attached hydrogens (tertiary/aromatic N) is 2. The van der Waals surface area contributed by atoms with Crippen LogP contribution in [0, 0.1) is 19.3 Å². The van der Waals surface area contributed by atoms with E-state index in [9.17, 15) is 0 Å². The first-order chi connectivity index (χ1) is 7.33. The highest BCUT2D eigenvalue weighted by molar-refractivity contribution is 5.24. The van der Waals surface area contributed by atoms with Crippen molar-refractivity contribution >= 4 is 0 Å². The van der Waals surface area contributed by atoms with Gasteiger partial charge in [-0.05, 0) is 31.2 Å². The topological polar surface area (TPSA) is 46.0 Å². The molecule has 3 heteroatoms. The lowest BCUT2D eigenvalue weighted by molar-refractivity contribution is 0.298. The van der Waals surface area contributed by atoms with Crippen LogP contribution in [0.3, 0.4) is 0 Å². The molecule has 16 heavy (non-hydrogen) atoms. The number of aliphatic hydroxyl groups is 1. The quantitative estimate of drug-likeness (QED) is 0.853. The Kier molecular flexibility index (Phi) is 4.03. The van der Waals surface area contributed by atoms with Crippen molar-refractivity contribution in [3.63, 3.8) is 0 Å². The van der Waals surface area contributed by atoms with Crippen LogP contribution in [0.15, 0.2) is 0 Å². The Labute approximate surface area is 97.9 Å². The molecule has 0 aliphatic rings. The van der Waals surface area contributed by atoms with Crippen LogP contribution < -0.4 is 0 Å². The third-order valence-corrected chi connectivity index (χ3v) is 2.52. The molecule has 0 aromatic carbocycles. The van der Waals surface area contributed by atoms with Crippen LogP contribution in [-0.4, -0.2) is 21.7 Å². The van der Waals surface area contributed by atoms with Gasteiger partial charge >= 0.3 is 0 Å². The standard InChI is InChI=1S/C13H22N2O/c1-9-11(6-7-16)10(2)15-12(14-9)8-13(3,4)5/h16H,6-8H2,1-5H3. The van der Waals surface area contributed by atoms with Crippen LogP contribution in [0.2, 0.25) is 0 Å². The van der Waals surface area contributed by atoms with Crippen molar-refractivity contribution in [2.24, 2.45) is 5.41 Å². The monoisotopic (exact) mass is 222 g/mol. The summed E-state index contributed by atoms with van der Waals surface area (Å²) < 4.78 is 0. The molecule has 0 radical (unpaired) electrons. The zero-order valence-electron chi connectivity index (χ0n) is 11.0. The molecule has 1 N–H and O–H groups in total. The molecule has 1 aromatic heterocycles. The summed E-state index contributed by atoms with van der Waals surface area (Å²) >= 11 is 0. The van der Waals surface area contributed by atoms with Gasteiger partial charge in [0.25, 0.3) is 0 Å². The minimum Gasteiger partial charge on any atom is -0.396 e. The molecule has 0 unspecified atom stereocenters. The third-order valence-electron chi connectivity index (χ3n) is 2.52. The fourth-order valence-electron chi connectivity index (χ4n) is 1.84. The molecule has 0 saturated heterocycles. The van der Waals surface area contributed by atoms with Crippen molar-refractivity contribution in [1.82, 2.24) is 9.97 Å². The summed E-state index contributed by atoms with van der Waals surface area (Å²) in [5, 5.41) is 8.97. The average molecular weight is 222 g/mol. The molecule has 0 aliphatic carbocycles. The molecule has 0 aliphatic heterocycles. The number of aryl methyl sites for hydroxylation is 2. The fraction of sp³-hybridized carbons (Fsp3) is 0.692. The maximum absolute atomic E-state index is 8.97. The van der Waals surface area contributed by atoms with Gasteiger partial charge < -0.3 is 5.11 Å². The van der Waals surface area contributed by atoms with Crippen molar-refractivity contribution < 1.29 is 5.11 Å². The van der Waals surface area contributed by atoms with Crippen LogP contribution in [0.4, 0.5) is 0 Å². The zero-order valence-corrected chi connectivity index (χ0v) is 11.0. The summed E-state index contributed by atoms with van der Waals surface area (Å²) in [6.07, 6.45) is 1.53. The first kappa shape index (κ1) is 13.1. The Morgan fingerprint density at radius 3 is 1.94 bits per heavy atom. The summed E-state index contributed by atoms with van der Waals surface area (Å²) in [6, 6.07) is 0. The Bertz CT molecular complexity index is 344. The van der Waals surface area contributed by atoms with Crippen molar-refractivity contribution in [3.8, 4) is 0 Å². The highest BCUT2D eigenvalue weighted by Gasteiger charge is 2.15. The normalized spacial score (nSPS) is 11.9. The van der Waals surface area contributed by atoms with Gasteiger partial charge in [0, 0.05) is 24.4 Å². The Morgan fingerprint density at radius 2 is 1.56 bits per heavy atom. The number of hydrogen-bond acceptors (Lipinski definition) is 3. The largest absolute Gasteiger partial charge is 0.396 e. The van der Waals surface area contributed by atoms with Crippen LogP contribution >= 0.6 is 0 Å². The van der Waals surface area contributed by atoms with Gasteiger partial charge in [0.1, 0.15) is 5.82 Å². The van der Waals surface area contributed by atoms with Crippen molar-refractivity contribution in [2.75, 3.05) is 6.61 Å². The predicted molar refractivity (Wildman–Crippen MR) is 65.5 cm³/mol. The van der Waals surface area contributed by atoms with Gasteiger partial charge in [-0.3, -0.25) is 0 Å². The van der Waals surface area contributed by atoms with E-state index in [1.54, 1.807) is 0 Å². The minimum absolute atomic E-state index is 0.156. The number of aliphatic hydroxyl groups excluding tert-OH is 1. The highest BCUT2D eigenvalue weighted by Crippen LogP contribution is 2.20. The van der Waals surface area contributed by atoms with Gasteiger partial charge in [-0.1, -0.05) is 20.8 Å². The molecule has 0 atom stereocenters. The van der Waals surface area contributed by atoms with E-state index in [0.717, 1.165) is 29.2 Å². The maximum atomic E-state index is 8.97. The molecule has 1 heterocycles. The van der Waals surface area contributed by atoms with E-state index < -0.39 is 0 Å². The second kappa shape index (κ2) is 4.91. The zero-order chi connectivity index (χ0) is 12.3. The smallest absolute Gasteiger partial charge is 0.129 e. The van der Waals surface area contributed by atoms with Gasteiger partial charge in [-0.15, -0.1) is 0 Å². The molecular formula is C13H22N2O. The van der Waals surface area contributed by atoms with Crippen molar-refractivity contribution in [1.29, 1.82) is 0 Å². The first-order valence-corrected chi connectivity index (χ1v) is 5.77. The summed E-state index contributed by atoms with van der Waals surface area (Å²) in [5.74, 6) is 0.907. The number of hydrogen-bond donors (Lipinski definition) is 1. The predicted octanol–water partition coefficient (Wildman–Crippen LogP) is 2.22. The molecule has 90 valence electrons. The van der Waals surface area contributed by atoms with E-state index in [2.05, 4.69) is 30.7 Å². The van der Waals surface area contributed by atoms with E-state index in [4.69, 9.17) is 5.11 Å². The van der Waals surface area contributed by atoms with Crippen LogP contribution in [-0.2, 0) is 12.8 Å². The lowest BCUT2D eigenvalue weighted by Crippen LogP contribution is -2.14. The molecule has 0 bridgehead atoms. The van der Waals surface area contributed by atoms with E-state index in [0.29, 0.717) is 6.42 Å². The van der Waals surface area contributed by atoms with Crippen LogP contribution in [0.5, 0.6) is 0 Å². The lowest BCUT2D eigenvalue weighted by Gasteiger charge is -2.18. The summed E-state index contributed by atoms with van der Waals surface area (Å²) in [5.41, 5.74) is 3.29. The van der Waals surface area contributed by atoms with E-state index >= 15 is 0 Å². The average Bonchev–Trinajstić information content (AvgIpc) is 2.08. The second-order valence-electron chi connectivity index (χ2n) is 5.50. The SMILES string of the molecule is Cc1nc(CC(C)(C)C)nc(C)c1CCO. The lowest BCUT2D eigenvalue weighted by atomic mass is 9.92. The highest BCUT2D eigenvalue weighted by atomic mass is 16.2. The van der Waals surface area contributed by atoms with Crippen molar-refractivity contribution in [2.45, 2.75) is 47.5 Å². The molecule has 0 spiro atoms. The Morgan fingerprint density at radius 1 is 1.06 bits per heavy atom. The molecule has 0 saturated carbocycles. The molecule has 1 aromatic rings. The molecule has 3 nitrogen and oxygen atoms in total. The molecule has 0 amide bonds. The van der Waals surface area contributed by atoms with Gasteiger partial charge in [0.05, 0.1) is 0 Å². The van der Waals surface area contributed by atoms with E-state index in [1.165, 1.54) is 0 Å². The second-order valence-corrected chi connectivity index (χ2v) is 5.50. The Balaban J connectivity index is 3.00. The maximum Gasteiger partial charge on any atom is 0.129 e. The molecule has 0 fully saturated rings. The van der Waals surface area contributed by atoms with Crippen LogP contribution in [0.25, 0.3) is 0 Å². The minimum atomic E-state index is 0.156. The molecule has 1 rings (SSSR count). The first-order valence-electron chi connectivity index (χ1n) is 5.77. The third kappa shape index (κ3) is 3.56. The van der Waals surface area contributed by atoms with E-state index in [1.807, 2.05) is 13.8 Å². The van der Waals surface area contributed by atoms with Gasteiger partial charge in [-0.25, -0.2) is 9.97 Å². The number of aromatic nitrogens is 2. The van der Waals surface area contributed by atoms with Gasteiger partial charge in [-0.2, -0.15) is 0 Å². The van der Waals surface area contributed by atoms with Gasteiger partial charge in [0.2, 0.25) is 0 Å². The fourth-order valence-corrected chi connectivity index (χ4v) is 1.84. The van der Waals surface area contributed by atoms with E-state index in [-0.39, 0.29) is 12.0 Å². The molecular weight excluding hydrogens is 200 g/mol.